The van der Waals surface area contributed by atoms with Crippen LogP contribution in [0.4, 0.5) is 18.9 Å². The number of aliphatic hydroxyl groups excluding tert-OH is 4. The van der Waals surface area contributed by atoms with Crippen molar-refractivity contribution in [2.24, 2.45) is 23.0 Å². The average Bonchev–Trinajstić information content (AvgIpc) is 1.49. The van der Waals surface area contributed by atoms with Gasteiger partial charge in [0.15, 0.2) is 6.10 Å². The van der Waals surface area contributed by atoms with Crippen LogP contribution in [0.5, 0.6) is 5.75 Å². The molecule has 2 saturated carbocycles. The van der Waals surface area contributed by atoms with Crippen LogP contribution in [0.2, 0.25) is 0 Å². The number of amides is 8. The van der Waals surface area contributed by atoms with Gasteiger partial charge in [0, 0.05) is 110 Å². The number of benzene rings is 2. The summed E-state index contributed by atoms with van der Waals surface area (Å²) in [5.74, 6) is -14.0. The number of esters is 3. The van der Waals surface area contributed by atoms with Crippen LogP contribution in [0.25, 0.3) is 10.9 Å². The minimum absolute atomic E-state index is 0.148. The quantitative estimate of drug-likeness (QED) is 0.0222. The summed E-state index contributed by atoms with van der Waals surface area (Å²) < 4.78 is 56.2. The summed E-state index contributed by atoms with van der Waals surface area (Å²) in [5, 5.41) is 90.1. The van der Waals surface area contributed by atoms with Crippen LogP contribution >= 0.6 is 0 Å². The Morgan fingerprint density at radius 1 is 0.757 bits per heavy atom. The van der Waals surface area contributed by atoms with E-state index in [1.165, 1.54) is 21.1 Å². The van der Waals surface area contributed by atoms with Crippen LogP contribution in [0.1, 0.15) is 127 Å². The lowest BCUT2D eigenvalue weighted by molar-refractivity contribution is -0.229. The highest BCUT2D eigenvalue weighted by atomic mass is 19.4. The summed E-state index contributed by atoms with van der Waals surface area (Å²) in [6.45, 7) is 3.22. The number of methoxy groups -OCH3 is 3. The third kappa shape index (κ3) is 16.9. The number of nitrogens with one attached hydrogen (secondary N) is 7. The number of ether oxygens (including phenoxy) is 4. The number of carboxylic acids is 1. The first-order valence-electron chi connectivity index (χ1n) is 38.6. The van der Waals surface area contributed by atoms with Crippen molar-refractivity contribution in [3.8, 4) is 5.75 Å². The van der Waals surface area contributed by atoms with Crippen LogP contribution in [0.3, 0.4) is 0 Å². The molecule has 17 atom stereocenters. The van der Waals surface area contributed by atoms with Gasteiger partial charge in [-0.25, -0.2) is 9.59 Å². The Balaban J connectivity index is 0.00000191. The molecule has 2 bridgehead atoms. The van der Waals surface area contributed by atoms with Gasteiger partial charge >= 0.3 is 30.1 Å². The minimum Gasteiger partial charge on any atom is -0.496 e. The van der Waals surface area contributed by atoms with Crippen molar-refractivity contribution in [2.75, 3.05) is 98.9 Å². The fourth-order valence-electron chi connectivity index (χ4n) is 19.5. The number of carbonyl (C=O) groups excluding carboxylic acids is 11. The summed E-state index contributed by atoms with van der Waals surface area (Å²) in [6, 6.07) is 0.0330. The molecule has 8 aliphatic rings. The fraction of sp³-hybridized carbons (Fsp3) is 0.636. The van der Waals surface area contributed by atoms with E-state index in [0.29, 0.717) is 112 Å². The monoisotopic (exact) mass is 1620 g/mol. The number of anilines is 1. The zero-order valence-corrected chi connectivity index (χ0v) is 65.2. The van der Waals surface area contributed by atoms with Crippen molar-refractivity contribution >= 4 is 87.7 Å². The second kappa shape index (κ2) is 35.5. The standard InChI is InChI=1S/C75H104N12O21.C2HF3O2/c1-8-71(103)31-41-32-74(69(101)106-6,59-45(22-26-85(34-41)39-71)44-18-13-14-19-48(44)78-59)47-29-46-53(30-55(47)105-5)84(4)67-73(46)24-27-86-25-15-23-72(9-2,66(73)86)68(75(67,104)70(102)107-7)108-57(94)33-77-60(95)50(36-88)80-61(96)49(20-21-56(76)93)79-65(100)58(42-16-11-10-12-17-42)83-63(98)52(38-90)81-62(97)51(37-89)82-64(99)54-28-43(92)35-87(54)40(3)91;3-2(4,5)1(6)7/h13-15,18-19,23,29-30,41-43,49-52,54,58,66-68,78,88-90,92,103-104H,8-12,16-17,20-22,24-28,31-39H2,1-7H3,(H2,76,93)(H,77,95)(H,79,100)(H,80,96)(H,81,97)(H,82,99)(H,83,98);(H,6,7)/t41-,43?,49-,50-,51-,52-,54+,58?,66?,67?,68+,71-,72+,73?,74-,75-;/m0./s1. The summed E-state index contributed by atoms with van der Waals surface area (Å²) in [6.07, 6.45) is -0.400. The normalized spacial score (nSPS) is 28.7. The van der Waals surface area contributed by atoms with Gasteiger partial charge in [0.1, 0.15) is 54.0 Å². The molecule has 16 N–H and O–H groups in total. The van der Waals surface area contributed by atoms with E-state index < -0.39 is 210 Å². The van der Waals surface area contributed by atoms with Gasteiger partial charge < -0.3 is 107 Å². The fourth-order valence-corrected chi connectivity index (χ4v) is 19.5. The van der Waals surface area contributed by atoms with Crippen molar-refractivity contribution in [2.45, 2.75) is 199 Å². The summed E-state index contributed by atoms with van der Waals surface area (Å²) >= 11 is 0. The Hall–Kier alpha value is -9.57. The van der Waals surface area contributed by atoms with Crippen LogP contribution < -0.4 is 47.3 Å². The number of alkyl halides is 3. The van der Waals surface area contributed by atoms with Gasteiger partial charge in [0.2, 0.25) is 52.9 Å². The van der Waals surface area contributed by atoms with Crippen LogP contribution in [-0.2, 0) is 89.0 Å². The van der Waals surface area contributed by atoms with Crippen molar-refractivity contribution < 1.29 is 125 Å². The molecule has 1 aromatic heterocycles. The molecule has 6 unspecified atom stereocenters. The number of likely N-dealkylation sites (tertiary alicyclic amines) is 1. The first kappa shape index (κ1) is 87.8. The topological polar surface area (TPSA) is 510 Å². The zero-order chi connectivity index (χ0) is 84.2. The highest BCUT2D eigenvalue weighted by molar-refractivity contribution is 5.99. The van der Waals surface area contributed by atoms with Crippen LogP contribution in [-0.4, -0.2) is 298 Å². The van der Waals surface area contributed by atoms with E-state index >= 15 is 9.59 Å². The number of aromatic nitrogens is 1. The number of rotatable bonds is 27. The maximum Gasteiger partial charge on any atom is 0.490 e. The molecule has 35 nitrogen and oxygen atoms in total. The molecule has 632 valence electrons. The van der Waals surface area contributed by atoms with E-state index in [9.17, 15) is 87.0 Å². The van der Waals surface area contributed by atoms with Gasteiger partial charge in [-0.3, -0.25) is 57.7 Å². The zero-order valence-electron chi connectivity index (χ0n) is 65.2. The lowest BCUT2D eigenvalue weighted by Crippen LogP contribution is -2.81. The number of likely N-dealkylation sites (N-methyl/N-ethyl adjacent to an activating group) is 1. The molecule has 0 radical (unpaired) electrons. The van der Waals surface area contributed by atoms with Gasteiger partial charge in [-0.2, -0.15) is 13.2 Å². The van der Waals surface area contributed by atoms with Gasteiger partial charge in [-0.05, 0) is 99.4 Å². The maximum absolute atomic E-state index is 15.7. The largest absolute Gasteiger partial charge is 0.496 e. The molecule has 3 saturated heterocycles. The number of carbonyl (C=O) groups is 12. The second-order valence-corrected chi connectivity index (χ2v) is 31.4. The SMILES string of the molecule is CC[C@]1(O)C[C@@H]2CN(CCc3c([nH]c4ccccc34)[C@@](C(=O)OC)(c3cc4c(cc3OC)N(C)C3C45CCN4CC=C[C@](CC)(C45)[C@@H](OC(=O)CNC(=O)[C@H](CO)NC(=O)[C@H](CCC(N)=O)NC(=O)C(NC(=O)[C@H](CO)NC(=O)[C@H](CO)NC(=O)[C@H]4CC(O)CN4C(C)=O)C4CCCCC4)[C@]3(O)C(=O)OC)C2)C1.O=C(O)C(F)(F)F. The summed E-state index contributed by atoms with van der Waals surface area (Å²) in [7, 11) is 5.69. The first-order valence-corrected chi connectivity index (χ1v) is 38.6. The van der Waals surface area contributed by atoms with E-state index in [1.807, 2.05) is 62.4 Å². The molecule has 2 aromatic carbocycles. The highest BCUT2D eigenvalue weighted by Gasteiger charge is 2.80. The van der Waals surface area contributed by atoms with Crippen molar-refractivity contribution in [1.82, 2.24) is 51.6 Å². The molecule has 7 heterocycles. The Bertz CT molecular complexity index is 4240. The van der Waals surface area contributed by atoms with Crippen molar-refractivity contribution in [3.05, 3.63) is 70.9 Å². The first-order chi connectivity index (χ1) is 54.4. The molecule has 6 aliphatic heterocycles. The van der Waals surface area contributed by atoms with E-state index in [4.69, 9.17) is 34.6 Å². The molecule has 2 aliphatic carbocycles. The third-order valence-electron chi connectivity index (χ3n) is 24.7. The van der Waals surface area contributed by atoms with Crippen LogP contribution in [0.15, 0.2) is 48.6 Å². The van der Waals surface area contributed by atoms with Crippen molar-refractivity contribution in [1.29, 1.82) is 0 Å². The molecule has 3 aromatic rings. The second-order valence-electron chi connectivity index (χ2n) is 31.4. The number of halogens is 3. The highest BCUT2D eigenvalue weighted by Crippen LogP contribution is 2.68. The van der Waals surface area contributed by atoms with Crippen LogP contribution in [0, 0.1) is 17.3 Å². The number of hydrogen-bond acceptors (Lipinski definition) is 25. The van der Waals surface area contributed by atoms with E-state index in [0.717, 1.165) is 34.9 Å². The maximum atomic E-state index is 15.7. The molecular formula is C77H105F3N12O23. The molecule has 1 spiro atoms. The molecule has 11 rings (SSSR count). The Morgan fingerprint density at radius 2 is 1.38 bits per heavy atom. The molecule has 38 heteroatoms. The summed E-state index contributed by atoms with van der Waals surface area (Å²) in [5.41, 5.74) is 1.50. The molecule has 5 fully saturated rings. The van der Waals surface area contributed by atoms with Crippen molar-refractivity contribution in [3.63, 3.8) is 0 Å². The Labute approximate surface area is 660 Å². The van der Waals surface area contributed by atoms with Gasteiger partial charge in [-0.15, -0.1) is 0 Å². The number of fused-ring (bicyclic) bond motifs is 6. The lowest BCUT2D eigenvalue weighted by atomic mass is 9.47. The number of nitrogens with two attached hydrogens (primary N) is 1. The number of para-hydroxylation sites is 1. The molecular weight excluding hydrogens is 1520 g/mol. The number of aromatic amines is 1. The minimum atomic E-state index is -5.08. The predicted molar refractivity (Wildman–Crippen MR) is 399 cm³/mol. The number of nitrogens with zero attached hydrogens (tertiary/aromatic N) is 4. The molecule has 8 amide bonds. The van der Waals surface area contributed by atoms with E-state index in [1.54, 1.807) is 11.9 Å². The third-order valence-corrected chi connectivity index (χ3v) is 24.7. The number of carboxylic acid groups (broad SMARTS) is 1. The Morgan fingerprint density at radius 3 is 1.99 bits per heavy atom. The number of piperidine rings is 1. The average molecular weight is 1620 g/mol. The number of aliphatic hydroxyl groups is 6. The van der Waals surface area contributed by atoms with E-state index in [-0.39, 0.29) is 31.7 Å². The number of aliphatic carboxylic acids is 1. The van der Waals surface area contributed by atoms with Gasteiger partial charge in [0.25, 0.3) is 0 Å². The number of hydrogen-bond donors (Lipinski definition) is 15. The number of β-amino-alcohol motifs (C(OH)–C–C–N with tert-alkyl or cyclic N) is 1. The summed E-state index contributed by atoms with van der Waals surface area (Å²) in [4.78, 5) is 174. The Kier molecular flexibility index (Phi) is 27.1. The van der Waals surface area contributed by atoms with Gasteiger partial charge in [-0.1, -0.05) is 63.5 Å². The number of H-pyrrole nitrogens is 1. The molecule has 115 heavy (non-hydrogen) atoms. The predicted octanol–water partition coefficient (Wildman–Crippen LogP) is -2.05. The number of primary amides is 1. The van der Waals surface area contributed by atoms with Gasteiger partial charge in [0.05, 0.1) is 58.9 Å². The smallest absolute Gasteiger partial charge is 0.490 e. The lowest BCUT2D eigenvalue weighted by Gasteiger charge is -2.63. The van der Waals surface area contributed by atoms with E-state index in [2.05, 4.69) is 46.7 Å².